The standard InChI is InChI=1S/C20H32N2O8S/c1-13(23)18(28)31-11-10-21-14(24)7-9-22-17(27)16-19(2,3)12-29-20(4,30-16)8-5-6-15(25)26/h16H,5-12H2,1-4H3,(H,21,24)(H,22,27)(H,25,26)/t16-,20?/m0/s1. The van der Waals surface area contributed by atoms with Gasteiger partial charge in [0.2, 0.25) is 17.6 Å². The zero-order valence-electron chi connectivity index (χ0n) is 18.4. The third-order valence-electron chi connectivity index (χ3n) is 4.68. The number of hydrogen-bond acceptors (Lipinski definition) is 8. The topological polar surface area (TPSA) is 148 Å². The molecule has 1 saturated heterocycles. The first kappa shape index (κ1) is 27.1. The van der Waals surface area contributed by atoms with E-state index in [1.165, 1.54) is 6.92 Å². The van der Waals surface area contributed by atoms with Gasteiger partial charge in [0.15, 0.2) is 5.79 Å². The predicted molar refractivity (Wildman–Crippen MR) is 113 cm³/mol. The molecule has 10 nitrogen and oxygen atoms in total. The number of aliphatic carboxylic acids is 1. The van der Waals surface area contributed by atoms with Crippen molar-refractivity contribution in [1.82, 2.24) is 10.6 Å². The zero-order chi connectivity index (χ0) is 23.7. The average Bonchev–Trinajstić information content (AvgIpc) is 2.66. The number of amides is 2. The molecule has 1 aliphatic rings. The molecule has 0 aromatic carbocycles. The summed E-state index contributed by atoms with van der Waals surface area (Å²) in [7, 11) is 0. The van der Waals surface area contributed by atoms with E-state index in [1.807, 2.05) is 13.8 Å². The molecule has 1 heterocycles. The van der Waals surface area contributed by atoms with Gasteiger partial charge in [-0.3, -0.25) is 24.0 Å². The first-order valence-corrected chi connectivity index (χ1v) is 11.1. The number of hydrogen-bond donors (Lipinski definition) is 3. The molecule has 0 aliphatic carbocycles. The highest BCUT2D eigenvalue weighted by molar-refractivity contribution is 8.15. The Kier molecular flexibility index (Phi) is 10.6. The number of rotatable bonds is 12. The lowest BCUT2D eigenvalue weighted by Gasteiger charge is -2.46. The first-order valence-electron chi connectivity index (χ1n) is 10.1. The van der Waals surface area contributed by atoms with Crippen LogP contribution < -0.4 is 10.6 Å². The van der Waals surface area contributed by atoms with Crippen molar-refractivity contribution in [2.24, 2.45) is 5.41 Å². The normalized spacial score (nSPS) is 22.4. The summed E-state index contributed by atoms with van der Waals surface area (Å²) in [6, 6.07) is 0. The van der Waals surface area contributed by atoms with Crippen molar-refractivity contribution in [3.8, 4) is 0 Å². The molecule has 0 aromatic rings. The summed E-state index contributed by atoms with van der Waals surface area (Å²) in [6.07, 6.45) is -0.0773. The van der Waals surface area contributed by atoms with Gasteiger partial charge in [0.05, 0.1) is 6.61 Å². The number of carboxylic acid groups (broad SMARTS) is 1. The second kappa shape index (κ2) is 12.2. The highest BCUT2D eigenvalue weighted by Gasteiger charge is 2.47. The maximum Gasteiger partial charge on any atom is 0.303 e. The van der Waals surface area contributed by atoms with Crippen LogP contribution in [0.5, 0.6) is 0 Å². The summed E-state index contributed by atoms with van der Waals surface area (Å²) in [6.45, 7) is 7.16. The molecular weight excluding hydrogens is 428 g/mol. The summed E-state index contributed by atoms with van der Waals surface area (Å²) in [5, 5.41) is 13.6. The number of Topliss-reactive ketones (excluding diaryl/α,β-unsaturated/α-hetero) is 1. The van der Waals surface area contributed by atoms with Gasteiger partial charge >= 0.3 is 5.97 Å². The molecule has 3 N–H and O–H groups in total. The maximum absolute atomic E-state index is 12.7. The molecule has 176 valence electrons. The minimum atomic E-state index is -1.06. The van der Waals surface area contributed by atoms with Crippen molar-refractivity contribution in [3.05, 3.63) is 0 Å². The molecule has 2 amide bonds. The number of thioether (sulfide) groups is 1. The van der Waals surface area contributed by atoms with E-state index in [-0.39, 0.29) is 44.4 Å². The van der Waals surface area contributed by atoms with E-state index in [1.54, 1.807) is 6.92 Å². The molecule has 1 unspecified atom stereocenters. The highest BCUT2D eigenvalue weighted by Crippen LogP contribution is 2.37. The second-order valence-electron chi connectivity index (χ2n) is 8.24. The van der Waals surface area contributed by atoms with Crippen molar-refractivity contribution < 1.29 is 38.6 Å². The van der Waals surface area contributed by atoms with E-state index in [4.69, 9.17) is 14.6 Å². The fourth-order valence-corrected chi connectivity index (χ4v) is 3.47. The fourth-order valence-electron chi connectivity index (χ4n) is 2.87. The van der Waals surface area contributed by atoms with Gasteiger partial charge in [0, 0.05) is 50.4 Å². The number of carbonyl (C=O) groups is 5. The molecule has 0 aromatic heterocycles. The van der Waals surface area contributed by atoms with Crippen LogP contribution in [0.3, 0.4) is 0 Å². The molecule has 1 rings (SSSR count). The lowest BCUT2D eigenvalue weighted by Crippen LogP contribution is -2.57. The number of carbonyl (C=O) groups excluding carboxylic acids is 4. The Bertz CT molecular complexity index is 697. The van der Waals surface area contributed by atoms with Crippen LogP contribution in [0.1, 0.15) is 53.4 Å². The van der Waals surface area contributed by atoms with E-state index in [2.05, 4.69) is 10.6 Å². The van der Waals surface area contributed by atoms with E-state index in [0.29, 0.717) is 18.6 Å². The van der Waals surface area contributed by atoms with Crippen molar-refractivity contribution in [1.29, 1.82) is 0 Å². The Morgan fingerprint density at radius 1 is 1.06 bits per heavy atom. The fraction of sp³-hybridized carbons (Fsp3) is 0.750. The Morgan fingerprint density at radius 3 is 2.35 bits per heavy atom. The molecule has 11 heteroatoms. The third-order valence-corrected chi connectivity index (χ3v) is 5.64. The number of nitrogens with one attached hydrogen (secondary N) is 2. The number of ketones is 1. The van der Waals surface area contributed by atoms with Crippen LogP contribution in [0.4, 0.5) is 0 Å². The summed E-state index contributed by atoms with van der Waals surface area (Å²) in [4.78, 5) is 57.3. The molecule has 31 heavy (non-hydrogen) atoms. The van der Waals surface area contributed by atoms with Gasteiger partial charge in [-0.2, -0.15) is 0 Å². The van der Waals surface area contributed by atoms with E-state index in [0.717, 1.165) is 11.8 Å². The van der Waals surface area contributed by atoms with Crippen molar-refractivity contribution >= 4 is 40.4 Å². The molecule has 0 bridgehead atoms. The number of ether oxygens (including phenoxy) is 2. The van der Waals surface area contributed by atoms with Crippen LogP contribution in [-0.4, -0.2) is 71.1 Å². The van der Waals surface area contributed by atoms with Crippen LogP contribution in [0.2, 0.25) is 0 Å². The Labute approximate surface area is 186 Å². The molecule has 0 radical (unpaired) electrons. The van der Waals surface area contributed by atoms with Crippen LogP contribution in [-0.2, 0) is 33.4 Å². The van der Waals surface area contributed by atoms with Crippen molar-refractivity contribution in [2.75, 3.05) is 25.4 Å². The van der Waals surface area contributed by atoms with Crippen LogP contribution in [0.15, 0.2) is 0 Å². The summed E-state index contributed by atoms with van der Waals surface area (Å²) < 4.78 is 11.7. The minimum absolute atomic E-state index is 0.0148. The maximum atomic E-state index is 12.7. The summed E-state index contributed by atoms with van der Waals surface area (Å²) in [5.74, 6) is -2.86. The van der Waals surface area contributed by atoms with Gasteiger partial charge in [0.1, 0.15) is 6.10 Å². The quantitative estimate of drug-likeness (QED) is 0.285. The minimum Gasteiger partial charge on any atom is -0.481 e. The van der Waals surface area contributed by atoms with Gasteiger partial charge in [0.25, 0.3) is 5.12 Å². The SMILES string of the molecule is CC(=O)C(=O)SCCNC(=O)CCNC(=O)[C@@H]1OC(C)(CCCC(=O)O)OCC1(C)C. The summed E-state index contributed by atoms with van der Waals surface area (Å²) >= 11 is 0.847. The van der Waals surface area contributed by atoms with Crippen molar-refractivity contribution in [3.63, 3.8) is 0 Å². The van der Waals surface area contributed by atoms with Crippen molar-refractivity contribution in [2.45, 2.75) is 65.3 Å². The number of carboxylic acids is 1. The Hall–Kier alpha value is -1.98. The smallest absolute Gasteiger partial charge is 0.303 e. The zero-order valence-corrected chi connectivity index (χ0v) is 19.3. The monoisotopic (exact) mass is 460 g/mol. The van der Waals surface area contributed by atoms with E-state index in [9.17, 15) is 24.0 Å². The Morgan fingerprint density at radius 2 is 1.74 bits per heavy atom. The van der Waals surface area contributed by atoms with Gasteiger partial charge < -0.3 is 25.2 Å². The van der Waals surface area contributed by atoms with Gasteiger partial charge in [-0.1, -0.05) is 25.6 Å². The predicted octanol–water partition coefficient (Wildman–Crippen LogP) is 0.870. The molecule has 1 fully saturated rings. The van der Waals surface area contributed by atoms with Crippen LogP contribution in [0, 0.1) is 5.41 Å². The second-order valence-corrected chi connectivity index (χ2v) is 9.31. The van der Waals surface area contributed by atoms with Crippen LogP contribution in [0.25, 0.3) is 0 Å². The molecular formula is C20H32N2O8S. The molecule has 2 atom stereocenters. The lowest BCUT2D eigenvalue weighted by atomic mass is 9.85. The molecule has 0 spiro atoms. The first-order chi connectivity index (χ1) is 14.4. The van der Waals surface area contributed by atoms with E-state index >= 15 is 0 Å². The van der Waals surface area contributed by atoms with Crippen LogP contribution >= 0.6 is 11.8 Å². The largest absolute Gasteiger partial charge is 0.481 e. The summed E-state index contributed by atoms with van der Waals surface area (Å²) in [5.41, 5.74) is -0.598. The van der Waals surface area contributed by atoms with Gasteiger partial charge in [-0.15, -0.1) is 0 Å². The average molecular weight is 461 g/mol. The Balaban J connectivity index is 2.42. The van der Waals surface area contributed by atoms with Gasteiger partial charge in [-0.25, -0.2) is 0 Å². The molecule has 0 saturated carbocycles. The van der Waals surface area contributed by atoms with E-state index < -0.39 is 34.2 Å². The van der Waals surface area contributed by atoms with Gasteiger partial charge in [-0.05, 0) is 13.3 Å². The lowest BCUT2D eigenvalue weighted by molar-refractivity contribution is -0.315. The highest BCUT2D eigenvalue weighted by atomic mass is 32.2. The third kappa shape index (κ3) is 9.79. The molecule has 1 aliphatic heterocycles.